The number of fused-ring (bicyclic) bond motifs is 1. The van der Waals surface area contributed by atoms with Crippen LogP contribution in [0.15, 0.2) is 60.7 Å². The summed E-state index contributed by atoms with van der Waals surface area (Å²) in [6.07, 6.45) is 3.74. The SMILES string of the molecule is Cc1c(COc2cc3c(cc2Cl)CN[C@H](C(=O)O)CCCCNC(=O)CCCCO3)cccc1-c1ccccc1. The molecule has 3 aromatic rings. The Bertz CT molecular complexity index is 1300. The summed E-state index contributed by atoms with van der Waals surface area (Å²) in [7, 11) is 0. The van der Waals surface area contributed by atoms with Gasteiger partial charge in [-0.05, 0) is 67.3 Å². The van der Waals surface area contributed by atoms with E-state index in [-0.39, 0.29) is 5.91 Å². The molecular weight excluding hydrogens is 528 g/mol. The number of halogens is 1. The Morgan fingerprint density at radius 1 is 1.07 bits per heavy atom. The molecule has 0 radical (unpaired) electrons. The number of aliphatic carboxylic acids is 1. The van der Waals surface area contributed by atoms with Gasteiger partial charge in [0.15, 0.2) is 0 Å². The van der Waals surface area contributed by atoms with Gasteiger partial charge in [-0.25, -0.2) is 0 Å². The highest BCUT2D eigenvalue weighted by Gasteiger charge is 2.19. The smallest absolute Gasteiger partial charge is 0.320 e. The number of nitrogens with one attached hydrogen (secondary N) is 2. The monoisotopic (exact) mass is 564 g/mol. The molecule has 1 aliphatic rings. The fourth-order valence-electron chi connectivity index (χ4n) is 4.79. The minimum Gasteiger partial charge on any atom is -0.493 e. The summed E-state index contributed by atoms with van der Waals surface area (Å²) in [5.41, 5.74) is 5.25. The lowest BCUT2D eigenvalue weighted by molar-refractivity contribution is -0.139. The number of benzene rings is 3. The molecule has 1 atom stereocenters. The first-order valence-electron chi connectivity index (χ1n) is 13.9. The van der Waals surface area contributed by atoms with Crippen molar-refractivity contribution in [3.8, 4) is 22.6 Å². The number of carbonyl (C=O) groups is 2. The number of hydrogen-bond acceptors (Lipinski definition) is 5. The van der Waals surface area contributed by atoms with Crippen molar-refractivity contribution in [2.75, 3.05) is 13.2 Å². The van der Waals surface area contributed by atoms with Crippen LogP contribution in [0.1, 0.15) is 55.2 Å². The van der Waals surface area contributed by atoms with Crippen molar-refractivity contribution < 1.29 is 24.2 Å². The number of hydrogen-bond donors (Lipinski definition) is 3. The lowest BCUT2D eigenvalue weighted by Crippen LogP contribution is -2.36. The fraction of sp³-hybridized carbons (Fsp3) is 0.375. The van der Waals surface area contributed by atoms with E-state index in [1.807, 2.05) is 30.3 Å². The predicted molar refractivity (Wildman–Crippen MR) is 157 cm³/mol. The topological polar surface area (TPSA) is 96.9 Å². The molecule has 0 aromatic heterocycles. The van der Waals surface area contributed by atoms with Gasteiger partial charge in [-0.15, -0.1) is 0 Å². The van der Waals surface area contributed by atoms with Crippen LogP contribution in [0.25, 0.3) is 11.1 Å². The number of carboxylic acid groups (broad SMARTS) is 1. The van der Waals surface area contributed by atoms with Gasteiger partial charge in [0.05, 0.1) is 11.6 Å². The van der Waals surface area contributed by atoms with Gasteiger partial charge < -0.3 is 25.2 Å². The summed E-state index contributed by atoms with van der Waals surface area (Å²) in [5, 5.41) is 16.2. The zero-order chi connectivity index (χ0) is 28.3. The number of carbonyl (C=O) groups excluding carboxylic acids is 1. The molecule has 1 heterocycles. The van der Waals surface area contributed by atoms with Crippen LogP contribution in [0.4, 0.5) is 0 Å². The molecule has 0 unspecified atom stereocenters. The molecular formula is C32H37ClN2O5. The average Bonchev–Trinajstić information content (AvgIpc) is 2.94. The van der Waals surface area contributed by atoms with Gasteiger partial charge in [0.2, 0.25) is 5.91 Å². The van der Waals surface area contributed by atoms with Crippen molar-refractivity contribution >= 4 is 23.5 Å². The summed E-state index contributed by atoms with van der Waals surface area (Å²) < 4.78 is 12.3. The van der Waals surface area contributed by atoms with Crippen LogP contribution >= 0.6 is 11.6 Å². The summed E-state index contributed by atoms with van der Waals surface area (Å²) in [6, 6.07) is 19.3. The maximum atomic E-state index is 12.1. The normalized spacial score (nSPS) is 17.2. The van der Waals surface area contributed by atoms with Gasteiger partial charge in [0, 0.05) is 31.1 Å². The number of rotatable bonds is 5. The molecule has 4 rings (SSSR count). The van der Waals surface area contributed by atoms with E-state index in [4.69, 9.17) is 21.1 Å². The van der Waals surface area contributed by atoms with Gasteiger partial charge in [-0.1, -0.05) is 60.1 Å². The van der Waals surface area contributed by atoms with Gasteiger partial charge in [0.1, 0.15) is 24.1 Å². The maximum Gasteiger partial charge on any atom is 0.320 e. The van der Waals surface area contributed by atoms with Crippen molar-refractivity contribution in [1.29, 1.82) is 0 Å². The molecule has 0 saturated carbocycles. The molecule has 1 aliphatic heterocycles. The highest BCUT2D eigenvalue weighted by molar-refractivity contribution is 6.32. The third-order valence-electron chi connectivity index (χ3n) is 7.16. The van der Waals surface area contributed by atoms with Crippen molar-refractivity contribution in [3.63, 3.8) is 0 Å². The van der Waals surface area contributed by atoms with Crippen LogP contribution in [0.5, 0.6) is 11.5 Å². The molecule has 3 aromatic carbocycles. The standard InChI is InChI=1S/C32H37ClN2O5/c1-22-24(12-9-13-26(22)23-10-3-2-4-11-23)21-40-30-19-29-25(18-27(30)33)20-35-28(32(37)38)14-5-7-16-34-31(36)15-6-8-17-39-29/h2-4,9-13,18-19,28,35H,5-8,14-17,20-21H2,1H3,(H,34,36)(H,37,38)/t28-/m0/s1. The first kappa shape index (κ1) is 29.4. The Morgan fingerprint density at radius 2 is 1.90 bits per heavy atom. The quantitative estimate of drug-likeness (QED) is 0.337. The van der Waals surface area contributed by atoms with E-state index in [2.05, 4.69) is 35.8 Å². The largest absolute Gasteiger partial charge is 0.493 e. The van der Waals surface area contributed by atoms with Gasteiger partial charge in [-0.2, -0.15) is 0 Å². The molecule has 40 heavy (non-hydrogen) atoms. The number of carboxylic acids is 1. The molecule has 8 heteroatoms. The van der Waals surface area contributed by atoms with E-state index >= 15 is 0 Å². The highest BCUT2D eigenvalue weighted by Crippen LogP contribution is 2.34. The van der Waals surface area contributed by atoms with Crippen molar-refractivity contribution in [2.45, 2.75) is 64.6 Å². The second kappa shape index (κ2) is 14.7. The van der Waals surface area contributed by atoms with E-state index in [0.29, 0.717) is 74.9 Å². The van der Waals surface area contributed by atoms with Crippen LogP contribution in [0.3, 0.4) is 0 Å². The van der Waals surface area contributed by atoms with Crippen LogP contribution in [-0.4, -0.2) is 36.2 Å². The number of amides is 1. The summed E-state index contributed by atoms with van der Waals surface area (Å²) in [6.45, 7) is 3.69. The zero-order valence-electron chi connectivity index (χ0n) is 22.9. The predicted octanol–water partition coefficient (Wildman–Crippen LogP) is 6.29. The van der Waals surface area contributed by atoms with Gasteiger partial charge in [-0.3, -0.25) is 9.59 Å². The molecule has 0 fully saturated rings. The minimum atomic E-state index is -0.910. The second-order valence-electron chi connectivity index (χ2n) is 10.1. The number of ether oxygens (including phenoxy) is 2. The molecule has 1 amide bonds. The summed E-state index contributed by atoms with van der Waals surface area (Å²) >= 11 is 6.65. The Balaban J connectivity index is 1.52. The lowest BCUT2D eigenvalue weighted by Gasteiger charge is -2.19. The van der Waals surface area contributed by atoms with E-state index in [1.54, 1.807) is 12.1 Å². The van der Waals surface area contributed by atoms with Crippen LogP contribution in [0, 0.1) is 6.92 Å². The van der Waals surface area contributed by atoms with Crippen LogP contribution < -0.4 is 20.1 Å². The lowest BCUT2D eigenvalue weighted by atomic mass is 9.97. The first-order valence-corrected chi connectivity index (χ1v) is 14.2. The highest BCUT2D eigenvalue weighted by atomic mass is 35.5. The molecule has 3 N–H and O–H groups in total. The molecule has 7 nitrogen and oxygen atoms in total. The molecule has 0 aliphatic carbocycles. The Hall–Kier alpha value is -3.55. The zero-order valence-corrected chi connectivity index (χ0v) is 23.6. The Labute approximate surface area is 240 Å². The van der Waals surface area contributed by atoms with E-state index < -0.39 is 12.0 Å². The van der Waals surface area contributed by atoms with E-state index in [9.17, 15) is 14.7 Å². The fourth-order valence-corrected chi connectivity index (χ4v) is 5.03. The van der Waals surface area contributed by atoms with Crippen molar-refractivity contribution in [1.82, 2.24) is 10.6 Å². The molecule has 0 bridgehead atoms. The van der Waals surface area contributed by atoms with Crippen LogP contribution in [0.2, 0.25) is 5.02 Å². The Morgan fingerprint density at radius 3 is 2.70 bits per heavy atom. The van der Waals surface area contributed by atoms with Crippen molar-refractivity contribution in [3.05, 3.63) is 82.4 Å². The van der Waals surface area contributed by atoms with E-state index in [0.717, 1.165) is 34.2 Å². The molecule has 212 valence electrons. The summed E-state index contributed by atoms with van der Waals surface area (Å²) in [4.78, 5) is 23.9. The maximum absolute atomic E-state index is 12.1. The Kier molecular flexibility index (Phi) is 10.8. The minimum absolute atomic E-state index is 0.00880. The molecule has 0 saturated heterocycles. The van der Waals surface area contributed by atoms with E-state index in [1.165, 1.54) is 0 Å². The second-order valence-corrected chi connectivity index (χ2v) is 10.5. The third kappa shape index (κ3) is 8.23. The summed E-state index contributed by atoms with van der Waals surface area (Å²) in [5.74, 6) is 0.178. The van der Waals surface area contributed by atoms with Crippen LogP contribution in [-0.2, 0) is 22.7 Å². The average molecular weight is 565 g/mol. The molecule has 0 spiro atoms. The van der Waals surface area contributed by atoms with Gasteiger partial charge in [0.25, 0.3) is 0 Å². The van der Waals surface area contributed by atoms with Gasteiger partial charge >= 0.3 is 5.97 Å². The third-order valence-corrected chi connectivity index (χ3v) is 7.46. The van der Waals surface area contributed by atoms with Crippen molar-refractivity contribution in [2.24, 2.45) is 0 Å². The first-order chi connectivity index (χ1) is 19.4.